The molecule has 1 atom stereocenters. The Bertz CT molecular complexity index is 1300. The lowest BCUT2D eigenvalue weighted by Crippen LogP contribution is -2.27. The number of aromatic nitrogens is 1. The molecule has 2 aromatic heterocycles. The highest BCUT2D eigenvalue weighted by Crippen LogP contribution is 2.30. The smallest absolute Gasteiger partial charge is 0.416 e. The molecule has 1 N–H and O–H groups in total. The molecule has 2 aromatic carbocycles. The lowest BCUT2D eigenvalue weighted by Gasteiger charge is -2.21. The number of hydrogen-bond donors (Lipinski definition) is 1. The summed E-state index contributed by atoms with van der Waals surface area (Å²) in [6, 6.07) is 16.7. The molecule has 0 spiro atoms. The van der Waals surface area contributed by atoms with Crippen LogP contribution in [0.25, 0.3) is 0 Å². The monoisotopic (exact) mass is 513 g/mol. The van der Waals surface area contributed by atoms with Crippen molar-refractivity contribution in [2.24, 2.45) is 0 Å². The zero-order valence-corrected chi connectivity index (χ0v) is 20.7. The Morgan fingerprint density at radius 3 is 2.56 bits per heavy atom. The van der Waals surface area contributed by atoms with E-state index in [1.54, 1.807) is 17.4 Å². The van der Waals surface area contributed by atoms with E-state index in [4.69, 9.17) is 4.42 Å². The van der Waals surface area contributed by atoms with Gasteiger partial charge in [0.1, 0.15) is 6.26 Å². The normalized spacial score (nSPS) is 12.6. The third-order valence-electron chi connectivity index (χ3n) is 5.79. The maximum absolute atomic E-state index is 13.2. The molecule has 0 bridgehead atoms. The number of nitrogens with zero attached hydrogens (tertiary/aromatic N) is 2. The minimum absolute atomic E-state index is 0.152. The minimum atomic E-state index is -4.41. The van der Waals surface area contributed by atoms with E-state index in [2.05, 4.69) is 10.3 Å². The van der Waals surface area contributed by atoms with Gasteiger partial charge >= 0.3 is 6.18 Å². The van der Waals surface area contributed by atoms with Gasteiger partial charge in [0.25, 0.3) is 5.91 Å². The van der Waals surface area contributed by atoms with Gasteiger partial charge < -0.3 is 9.73 Å². The van der Waals surface area contributed by atoms with E-state index < -0.39 is 11.7 Å². The van der Waals surface area contributed by atoms with Crippen molar-refractivity contribution < 1.29 is 22.4 Å². The zero-order valence-electron chi connectivity index (χ0n) is 19.9. The van der Waals surface area contributed by atoms with Gasteiger partial charge in [0.15, 0.2) is 5.69 Å². The molecule has 0 aliphatic rings. The van der Waals surface area contributed by atoms with E-state index in [-0.39, 0.29) is 30.7 Å². The van der Waals surface area contributed by atoms with Crippen LogP contribution in [0.3, 0.4) is 0 Å². The molecule has 0 saturated heterocycles. The SMILES string of the molecule is Cc1ccsc1CN(Cc1cccc(C(F)(F)F)c1)Cc1nc(C(=O)N[C@@H](C)c2ccccc2)co1. The van der Waals surface area contributed by atoms with Gasteiger partial charge in [-0.05, 0) is 48.1 Å². The number of halogens is 3. The molecule has 0 aliphatic heterocycles. The molecule has 4 rings (SSSR count). The van der Waals surface area contributed by atoms with Gasteiger partial charge in [0.2, 0.25) is 5.89 Å². The lowest BCUT2D eigenvalue weighted by atomic mass is 10.1. The van der Waals surface area contributed by atoms with Gasteiger partial charge in [-0.25, -0.2) is 4.98 Å². The second-order valence-corrected chi connectivity index (χ2v) is 9.60. The van der Waals surface area contributed by atoms with Crippen LogP contribution in [-0.4, -0.2) is 15.8 Å². The zero-order chi connectivity index (χ0) is 25.7. The Labute approximate surface area is 211 Å². The van der Waals surface area contributed by atoms with Crippen LogP contribution >= 0.6 is 11.3 Å². The van der Waals surface area contributed by atoms with Gasteiger partial charge in [-0.15, -0.1) is 11.3 Å². The second-order valence-electron chi connectivity index (χ2n) is 8.60. The van der Waals surface area contributed by atoms with Crippen LogP contribution in [0.1, 0.15) is 56.5 Å². The molecular formula is C27H26F3N3O2S. The van der Waals surface area contributed by atoms with Crippen LogP contribution in [0.2, 0.25) is 0 Å². The average molecular weight is 514 g/mol. The third-order valence-corrected chi connectivity index (χ3v) is 6.79. The van der Waals surface area contributed by atoms with Gasteiger partial charge in [-0.3, -0.25) is 9.69 Å². The van der Waals surface area contributed by atoms with E-state index in [9.17, 15) is 18.0 Å². The van der Waals surface area contributed by atoms with Crippen molar-refractivity contribution in [3.8, 4) is 0 Å². The molecule has 0 saturated carbocycles. The highest BCUT2D eigenvalue weighted by molar-refractivity contribution is 7.10. The van der Waals surface area contributed by atoms with E-state index >= 15 is 0 Å². The summed E-state index contributed by atoms with van der Waals surface area (Å²) in [4.78, 5) is 20.1. The Balaban J connectivity index is 1.49. The molecule has 4 aromatic rings. The Kier molecular flexibility index (Phi) is 7.91. The van der Waals surface area contributed by atoms with Crippen molar-refractivity contribution in [2.75, 3.05) is 0 Å². The van der Waals surface area contributed by atoms with Crippen LogP contribution in [0, 0.1) is 6.92 Å². The number of thiophene rings is 1. The van der Waals surface area contributed by atoms with Gasteiger partial charge in [-0.1, -0.05) is 48.5 Å². The van der Waals surface area contributed by atoms with Crippen LogP contribution in [0.5, 0.6) is 0 Å². The standard InChI is InChI=1S/C27H26F3N3O2S/c1-18-11-12-36-24(18)15-33(14-20-7-6-10-22(13-20)27(28,29)30)16-25-32-23(17-35-25)26(34)31-19(2)21-8-4-3-5-9-21/h3-13,17,19H,14-16H2,1-2H3,(H,31,34)/t19-/m0/s1. The molecule has 1 amide bonds. The van der Waals surface area contributed by atoms with E-state index in [1.807, 2.05) is 60.5 Å². The molecule has 36 heavy (non-hydrogen) atoms. The average Bonchev–Trinajstić information content (AvgIpc) is 3.48. The number of carbonyl (C=O) groups excluding carboxylic acids is 1. The number of benzene rings is 2. The van der Waals surface area contributed by atoms with Crippen molar-refractivity contribution in [3.63, 3.8) is 0 Å². The van der Waals surface area contributed by atoms with Crippen LogP contribution in [-0.2, 0) is 25.8 Å². The largest absolute Gasteiger partial charge is 0.447 e. The van der Waals surface area contributed by atoms with Crippen LogP contribution in [0.4, 0.5) is 13.2 Å². The quantitative estimate of drug-likeness (QED) is 0.269. The number of alkyl halides is 3. The third kappa shape index (κ3) is 6.61. The van der Waals surface area contributed by atoms with Crippen LogP contribution < -0.4 is 5.32 Å². The predicted molar refractivity (Wildman–Crippen MR) is 132 cm³/mol. The molecule has 0 radical (unpaired) electrons. The topological polar surface area (TPSA) is 58.4 Å². The van der Waals surface area contributed by atoms with Crippen molar-refractivity contribution in [2.45, 2.75) is 45.7 Å². The van der Waals surface area contributed by atoms with Crippen molar-refractivity contribution in [3.05, 3.63) is 111 Å². The number of aryl methyl sites for hydroxylation is 1. The fourth-order valence-corrected chi connectivity index (χ4v) is 4.76. The lowest BCUT2D eigenvalue weighted by molar-refractivity contribution is -0.137. The summed E-state index contributed by atoms with van der Waals surface area (Å²) in [7, 11) is 0. The van der Waals surface area contributed by atoms with E-state index in [0.29, 0.717) is 18.0 Å². The summed E-state index contributed by atoms with van der Waals surface area (Å²) in [5, 5.41) is 4.88. The van der Waals surface area contributed by atoms with Crippen molar-refractivity contribution in [1.82, 2.24) is 15.2 Å². The first-order valence-corrected chi connectivity index (χ1v) is 12.3. The van der Waals surface area contributed by atoms with Gasteiger partial charge in [0, 0.05) is 18.0 Å². The summed E-state index contributed by atoms with van der Waals surface area (Å²) < 4.78 is 45.2. The highest BCUT2D eigenvalue weighted by atomic mass is 32.1. The Morgan fingerprint density at radius 1 is 1.08 bits per heavy atom. The highest BCUT2D eigenvalue weighted by Gasteiger charge is 2.30. The first-order chi connectivity index (χ1) is 17.2. The van der Waals surface area contributed by atoms with Crippen molar-refractivity contribution >= 4 is 17.2 Å². The van der Waals surface area contributed by atoms with E-state index in [1.165, 1.54) is 12.3 Å². The molecule has 0 aliphatic carbocycles. The Hall–Kier alpha value is -3.43. The Morgan fingerprint density at radius 2 is 1.86 bits per heavy atom. The van der Waals surface area contributed by atoms with Gasteiger partial charge in [-0.2, -0.15) is 13.2 Å². The number of amides is 1. The molecular weight excluding hydrogens is 487 g/mol. The predicted octanol–water partition coefficient (Wildman–Crippen LogP) is 6.76. The summed E-state index contributed by atoms with van der Waals surface area (Å²) in [5.41, 5.74) is 2.07. The minimum Gasteiger partial charge on any atom is -0.447 e. The molecule has 2 heterocycles. The number of hydrogen-bond acceptors (Lipinski definition) is 5. The number of nitrogens with one attached hydrogen (secondary N) is 1. The molecule has 188 valence electrons. The molecule has 9 heteroatoms. The second kappa shape index (κ2) is 11.1. The van der Waals surface area contributed by atoms with E-state index in [0.717, 1.165) is 28.1 Å². The van der Waals surface area contributed by atoms with Crippen molar-refractivity contribution in [1.29, 1.82) is 0 Å². The number of rotatable bonds is 9. The number of oxazole rings is 1. The summed E-state index contributed by atoms with van der Waals surface area (Å²) in [6.07, 6.45) is -3.10. The fourth-order valence-electron chi connectivity index (χ4n) is 3.82. The molecule has 5 nitrogen and oxygen atoms in total. The summed E-state index contributed by atoms with van der Waals surface area (Å²) in [6.45, 7) is 4.88. The maximum atomic E-state index is 13.2. The number of carbonyl (C=O) groups is 1. The van der Waals surface area contributed by atoms with Gasteiger partial charge in [0.05, 0.1) is 18.2 Å². The fraction of sp³-hybridized carbons (Fsp3) is 0.259. The first-order valence-electron chi connectivity index (χ1n) is 11.4. The molecule has 0 fully saturated rings. The molecule has 0 unspecified atom stereocenters. The van der Waals surface area contributed by atoms with Crippen LogP contribution in [0.15, 0.2) is 76.7 Å². The summed E-state index contributed by atoms with van der Waals surface area (Å²) in [5.74, 6) is -0.0476. The summed E-state index contributed by atoms with van der Waals surface area (Å²) >= 11 is 1.58. The first kappa shape index (κ1) is 25.7. The maximum Gasteiger partial charge on any atom is 0.416 e.